The predicted octanol–water partition coefficient (Wildman–Crippen LogP) is 3.70. The lowest BCUT2D eigenvalue weighted by atomic mass is 9.89. The lowest BCUT2D eigenvalue weighted by Gasteiger charge is -2.39. The van der Waals surface area contributed by atoms with E-state index >= 15 is 0 Å². The Bertz CT molecular complexity index is 1160. The van der Waals surface area contributed by atoms with Crippen LogP contribution in [0, 0.1) is 17.2 Å². The van der Waals surface area contributed by atoms with E-state index in [-0.39, 0.29) is 17.5 Å². The third-order valence-corrected chi connectivity index (χ3v) is 6.46. The average Bonchev–Trinajstić information content (AvgIpc) is 3.57. The van der Waals surface area contributed by atoms with Crippen molar-refractivity contribution in [2.75, 3.05) is 23.3 Å². The van der Waals surface area contributed by atoms with Gasteiger partial charge >= 0.3 is 6.18 Å². The first-order valence-electron chi connectivity index (χ1n) is 10.7. The summed E-state index contributed by atoms with van der Waals surface area (Å²) in [7, 11) is 0. The highest BCUT2D eigenvalue weighted by atomic mass is 19.4. The maximum absolute atomic E-state index is 13.4. The van der Waals surface area contributed by atoms with Gasteiger partial charge in [-0.25, -0.2) is 9.98 Å². The first kappa shape index (κ1) is 21.4. The number of nitrogens with one attached hydrogen (secondary N) is 1. The van der Waals surface area contributed by atoms with Crippen molar-refractivity contribution in [1.82, 2.24) is 4.98 Å². The lowest BCUT2D eigenvalue weighted by Crippen LogP contribution is -2.48. The van der Waals surface area contributed by atoms with E-state index in [1.165, 1.54) is 12.4 Å². The Morgan fingerprint density at radius 3 is 2.70 bits per heavy atom. The van der Waals surface area contributed by atoms with Crippen molar-refractivity contribution in [3.05, 3.63) is 53.2 Å². The molecule has 33 heavy (non-hydrogen) atoms. The zero-order valence-electron chi connectivity index (χ0n) is 17.5. The molecule has 0 amide bonds. The molecular formula is C23H21F3N6O. The van der Waals surface area contributed by atoms with Crippen molar-refractivity contribution in [3.8, 4) is 6.07 Å². The number of aliphatic imine (C=N–C) groups is 2. The first-order valence-corrected chi connectivity index (χ1v) is 10.7. The van der Waals surface area contributed by atoms with Crippen LogP contribution in [-0.4, -0.2) is 41.4 Å². The molecule has 3 heterocycles. The Morgan fingerprint density at radius 2 is 2.03 bits per heavy atom. The number of fused-ring (bicyclic) bond motifs is 1. The summed E-state index contributed by atoms with van der Waals surface area (Å²) in [5.74, 6) is 1.32. The van der Waals surface area contributed by atoms with E-state index < -0.39 is 17.3 Å². The number of anilines is 2. The van der Waals surface area contributed by atoms with E-state index in [1.807, 2.05) is 11.0 Å². The first-order chi connectivity index (χ1) is 15.8. The van der Waals surface area contributed by atoms with E-state index in [0.717, 1.165) is 30.3 Å². The SMILES string of the molecule is N#Cc1ccc(N2CCC3C(Nc4ccc(C5(O)CC5)cn4)=NC=NC3C2)cc1C(F)(F)F. The molecule has 1 aromatic carbocycles. The minimum absolute atomic E-state index is 0.0131. The fourth-order valence-electron chi connectivity index (χ4n) is 4.38. The second kappa shape index (κ2) is 7.85. The van der Waals surface area contributed by atoms with Crippen LogP contribution in [0.1, 0.15) is 36.0 Å². The number of rotatable bonds is 3. The predicted molar refractivity (Wildman–Crippen MR) is 117 cm³/mol. The third-order valence-electron chi connectivity index (χ3n) is 6.46. The molecule has 2 unspecified atom stereocenters. The van der Waals surface area contributed by atoms with Gasteiger partial charge in [0.05, 0.1) is 28.8 Å². The van der Waals surface area contributed by atoms with Crippen molar-refractivity contribution < 1.29 is 18.3 Å². The number of pyridine rings is 1. The van der Waals surface area contributed by atoms with Crippen LogP contribution in [0.3, 0.4) is 0 Å². The number of benzene rings is 1. The molecule has 2 fully saturated rings. The Hall–Kier alpha value is -3.45. The van der Waals surface area contributed by atoms with Crippen LogP contribution >= 0.6 is 0 Å². The summed E-state index contributed by atoms with van der Waals surface area (Å²) in [6.07, 6.45) is 0.671. The molecule has 2 N–H and O–H groups in total. The third kappa shape index (κ3) is 4.16. The molecule has 2 atom stereocenters. The summed E-state index contributed by atoms with van der Waals surface area (Å²) in [6, 6.07) is 8.91. The second-order valence-electron chi connectivity index (χ2n) is 8.62. The zero-order chi connectivity index (χ0) is 23.2. The van der Waals surface area contributed by atoms with Gasteiger partial charge in [-0.2, -0.15) is 18.4 Å². The topological polar surface area (TPSA) is 96.9 Å². The van der Waals surface area contributed by atoms with Crippen LogP contribution in [0.4, 0.5) is 24.7 Å². The van der Waals surface area contributed by atoms with E-state index in [9.17, 15) is 18.3 Å². The van der Waals surface area contributed by atoms with Gasteiger partial charge in [-0.05, 0) is 43.5 Å². The summed E-state index contributed by atoms with van der Waals surface area (Å²) in [6.45, 7) is 0.963. The molecule has 2 aliphatic heterocycles. The highest BCUT2D eigenvalue weighted by molar-refractivity contribution is 6.02. The quantitative estimate of drug-likeness (QED) is 0.737. The Balaban J connectivity index is 1.29. The second-order valence-corrected chi connectivity index (χ2v) is 8.62. The normalized spacial score (nSPS) is 23.4. The maximum Gasteiger partial charge on any atom is 0.417 e. The van der Waals surface area contributed by atoms with E-state index in [4.69, 9.17) is 5.26 Å². The number of nitrogens with zero attached hydrogens (tertiary/aromatic N) is 5. The highest BCUT2D eigenvalue weighted by Gasteiger charge is 2.42. The monoisotopic (exact) mass is 454 g/mol. The minimum atomic E-state index is -4.59. The standard InChI is InChI=1S/C23H21F3N6O/c24-23(25,26)18-9-16(3-1-14(18)10-27)32-8-5-17-19(12-32)29-13-30-21(17)31-20-4-2-15(11-28-20)22(33)6-7-22/h1-4,9,11,13,17,19,33H,5-8,12H2,(H,28,29,30,31). The number of hydrogen-bond acceptors (Lipinski definition) is 7. The molecule has 0 radical (unpaired) electrons. The zero-order valence-corrected chi connectivity index (χ0v) is 17.5. The van der Waals surface area contributed by atoms with Crippen LogP contribution in [0.5, 0.6) is 0 Å². The van der Waals surface area contributed by atoms with Crippen molar-refractivity contribution in [1.29, 1.82) is 5.26 Å². The number of halogens is 3. The molecule has 3 aliphatic rings. The van der Waals surface area contributed by atoms with E-state index in [0.29, 0.717) is 31.0 Å². The van der Waals surface area contributed by atoms with Gasteiger partial charge < -0.3 is 15.3 Å². The smallest absolute Gasteiger partial charge is 0.385 e. The van der Waals surface area contributed by atoms with Gasteiger partial charge in [-0.1, -0.05) is 6.07 Å². The molecule has 1 saturated heterocycles. The molecule has 10 heteroatoms. The molecular weight excluding hydrogens is 433 g/mol. The van der Waals surface area contributed by atoms with Gasteiger partial charge in [0.2, 0.25) is 0 Å². The molecule has 0 bridgehead atoms. The molecule has 0 spiro atoms. The van der Waals surface area contributed by atoms with Crippen LogP contribution in [0.2, 0.25) is 0 Å². The summed E-state index contributed by atoms with van der Waals surface area (Å²) in [5, 5.41) is 22.5. The molecule has 2 aromatic rings. The number of nitriles is 1. The fraction of sp³-hybridized carbons (Fsp3) is 0.391. The van der Waals surface area contributed by atoms with Crippen molar-refractivity contribution in [3.63, 3.8) is 0 Å². The van der Waals surface area contributed by atoms with Crippen molar-refractivity contribution in [2.45, 2.75) is 37.1 Å². The maximum atomic E-state index is 13.4. The van der Waals surface area contributed by atoms with Gasteiger partial charge in [0.25, 0.3) is 0 Å². The number of hydrogen-bond donors (Lipinski definition) is 2. The minimum Gasteiger partial charge on any atom is -0.385 e. The van der Waals surface area contributed by atoms with Crippen molar-refractivity contribution in [2.24, 2.45) is 15.9 Å². The molecule has 1 aliphatic carbocycles. The van der Waals surface area contributed by atoms with Gasteiger partial charge in [-0.3, -0.25) is 4.99 Å². The number of amidine groups is 1. The number of piperidine rings is 1. The Morgan fingerprint density at radius 1 is 1.21 bits per heavy atom. The van der Waals surface area contributed by atoms with E-state index in [2.05, 4.69) is 20.3 Å². The van der Waals surface area contributed by atoms with Crippen LogP contribution in [0.25, 0.3) is 0 Å². The van der Waals surface area contributed by atoms with Crippen LogP contribution < -0.4 is 10.2 Å². The number of alkyl halides is 3. The van der Waals surface area contributed by atoms with E-state index in [1.54, 1.807) is 24.4 Å². The summed E-state index contributed by atoms with van der Waals surface area (Å²) >= 11 is 0. The Kier molecular flexibility index (Phi) is 5.09. The van der Waals surface area contributed by atoms with Crippen molar-refractivity contribution >= 4 is 23.7 Å². The van der Waals surface area contributed by atoms with Crippen LogP contribution in [0.15, 0.2) is 46.5 Å². The molecule has 170 valence electrons. The number of aliphatic hydroxyl groups is 1. The largest absolute Gasteiger partial charge is 0.417 e. The Labute approximate surface area is 188 Å². The molecule has 7 nitrogen and oxygen atoms in total. The molecule has 1 saturated carbocycles. The van der Waals surface area contributed by atoms with Gasteiger partial charge in [-0.15, -0.1) is 0 Å². The summed E-state index contributed by atoms with van der Waals surface area (Å²) in [5.41, 5.74) is -0.835. The summed E-state index contributed by atoms with van der Waals surface area (Å²) in [4.78, 5) is 15.1. The average molecular weight is 454 g/mol. The lowest BCUT2D eigenvalue weighted by molar-refractivity contribution is -0.137. The van der Waals surface area contributed by atoms with Gasteiger partial charge in [0.1, 0.15) is 18.0 Å². The summed E-state index contributed by atoms with van der Waals surface area (Å²) < 4.78 is 40.1. The van der Waals surface area contributed by atoms with Crippen LogP contribution in [-0.2, 0) is 11.8 Å². The highest BCUT2D eigenvalue weighted by Crippen LogP contribution is 2.45. The molecule has 5 rings (SSSR count). The fourth-order valence-corrected chi connectivity index (χ4v) is 4.38. The van der Waals surface area contributed by atoms with Gasteiger partial charge in [0.15, 0.2) is 0 Å². The molecule has 1 aromatic heterocycles. The number of aromatic nitrogens is 1. The van der Waals surface area contributed by atoms with Gasteiger partial charge in [0, 0.05) is 36.5 Å².